The van der Waals surface area contributed by atoms with Crippen molar-refractivity contribution >= 4 is 5.97 Å². The van der Waals surface area contributed by atoms with Crippen LogP contribution in [0.5, 0.6) is 0 Å². The second-order valence-corrected chi connectivity index (χ2v) is 5.41. The molecule has 1 aromatic carbocycles. The zero-order valence-corrected chi connectivity index (χ0v) is 12.6. The summed E-state index contributed by atoms with van der Waals surface area (Å²) in [6, 6.07) is 10.2. The van der Waals surface area contributed by atoms with Crippen LogP contribution < -0.4 is 0 Å². The predicted octanol–water partition coefficient (Wildman–Crippen LogP) is 0.728. The molecule has 1 N–H and O–H groups in total. The molecule has 21 heavy (non-hydrogen) atoms. The molecule has 0 aromatic heterocycles. The first-order valence-electron chi connectivity index (χ1n) is 7.49. The van der Waals surface area contributed by atoms with E-state index in [1.165, 1.54) is 5.56 Å². The highest BCUT2D eigenvalue weighted by Gasteiger charge is 2.22. The van der Waals surface area contributed by atoms with Crippen molar-refractivity contribution in [2.24, 2.45) is 0 Å². The maximum atomic E-state index is 11.5. The standard InChI is InChI=1S/C16H24N2O3/c1-2-21-16(20)13-18-9-8-17(11-15(19)12-18)10-14-6-4-3-5-7-14/h3-7,15,19H,2,8-13H2,1H3. The van der Waals surface area contributed by atoms with Gasteiger partial charge in [-0.15, -0.1) is 0 Å². The number of carbonyl (C=O) groups excluding carboxylic acids is 1. The Bertz CT molecular complexity index is 438. The monoisotopic (exact) mass is 292 g/mol. The lowest BCUT2D eigenvalue weighted by molar-refractivity contribution is -0.144. The molecular formula is C16H24N2O3. The van der Waals surface area contributed by atoms with E-state index in [0.29, 0.717) is 19.7 Å². The molecule has 0 aliphatic carbocycles. The van der Waals surface area contributed by atoms with Crippen LogP contribution in [0.15, 0.2) is 30.3 Å². The second-order valence-electron chi connectivity index (χ2n) is 5.41. The van der Waals surface area contributed by atoms with E-state index in [-0.39, 0.29) is 12.5 Å². The predicted molar refractivity (Wildman–Crippen MR) is 80.8 cm³/mol. The van der Waals surface area contributed by atoms with E-state index in [1.807, 2.05) is 23.1 Å². The molecule has 1 atom stereocenters. The zero-order chi connectivity index (χ0) is 15.1. The van der Waals surface area contributed by atoms with Gasteiger partial charge in [-0.3, -0.25) is 14.6 Å². The smallest absolute Gasteiger partial charge is 0.320 e. The normalized spacial score (nSPS) is 21.0. The van der Waals surface area contributed by atoms with Crippen molar-refractivity contribution in [2.45, 2.75) is 19.6 Å². The lowest BCUT2D eigenvalue weighted by Gasteiger charge is -2.21. The zero-order valence-electron chi connectivity index (χ0n) is 12.6. The van der Waals surface area contributed by atoms with Crippen molar-refractivity contribution in [3.8, 4) is 0 Å². The Hall–Kier alpha value is -1.43. The van der Waals surface area contributed by atoms with E-state index in [4.69, 9.17) is 4.74 Å². The second kappa shape index (κ2) is 8.12. The van der Waals surface area contributed by atoms with Crippen LogP contribution in [0, 0.1) is 0 Å². The van der Waals surface area contributed by atoms with Crippen LogP contribution in [0.2, 0.25) is 0 Å². The van der Waals surface area contributed by atoms with Crippen molar-refractivity contribution in [1.82, 2.24) is 9.80 Å². The summed E-state index contributed by atoms with van der Waals surface area (Å²) in [6.07, 6.45) is -0.439. The summed E-state index contributed by atoms with van der Waals surface area (Å²) in [5, 5.41) is 10.1. The molecule has 2 rings (SSSR count). The molecular weight excluding hydrogens is 268 g/mol. The highest BCUT2D eigenvalue weighted by Crippen LogP contribution is 2.09. The molecule has 5 heteroatoms. The van der Waals surface area contributed by atoms with Gasteiger partial charge in [0.05, 0.1) is 19.3 Å². The first kappa shape index (κ1) is 15.9. The van der Waals surface area contributed by atoms with Crippen molar-refractivity contribution in [3.05, 3.63) is 35.9 Å². The van der Waals surface area contributed by atoms with Crippen LogP contribution in [0.4, 0.5) is 0 Å². The summed E-state index contributed by atoms with van der Waals surface area (Å²) in [5.74, 6) is -0.221. The number of aliphatic hydroxyl groups excluding tert-OH is 1. The molecule has 1 unspecified atom stereocenters. The summed E-state index contributed by atoms with van der Waals surface area (Å²) in [6.45, 7) is 6.04. The highest BCUT2D eigenvalue weighted by molar-refractivity contribution is 5.71. The summed E-state index contributed by atoms with van der Waals surface area (Å²) >= 11 is 0. The Morgan fingerprint density at radius 1 is 1.24 bits per heavy atom. The molecule has 1 aromatic rings. The number of nitrogens with zero attached hydrogens (tertiary/aromatic N) is 2. The van der Waals surface area contributed by atoms with Crippen LogP contribution in [-0.2, 0) is 16.1 Å². The maximum Gasteiger partial charge on any atom is 0.320 e. The van der Waals surface area contributed by atoms with E-state index in [0.717, 1.165) is 19.6 Å². The number of rotatable bonds is 5. The first-order chi connectivity index (χ1) is 10.2. The first-order valence-corrected chi connectivity index (χ1v) is 7.49. The summed E-state index contributed by atoms with van der Waals surface area (Å²) < 4.78 is 4.97. The van der Waals surface area contributed by atoms with Crippen LogP contribution in [0.1, 0.15) is 12.5 Å². The van der Waals surface area contributed by atoms with Crippen LogP contribution in [0.25, 0.3) is 0 Å². The largest absolute Gasteiger partial charge is 0.465 e. The van der Waals surface area contributed by atoms with Crippen LogP contribution in [0.3, 0.4) is 0 Å². The van der Waals surface area contributed by atoms with Gasteiger partial charge in [0.15, 0.2) is 0 Å². The average Bonchev–Trinajstić information content (AvgIpc) is 2.61. The van der Waals surface area contributed by atoms with Gasteiger partial charge in [0.1, 0.15) is 0 Å². The van der Waals surface area contributed by atoms with Gasteiger partial charge in [-0.2, -0.15) is 0 Å². The number of benzene rings is 1. The molecule has 0 radical (unpaired) electrons. The minimum absolute atomic E-state index is 0.221. The van der Waals surface area contributed by atoms with E-state index in [2.05, 4.69) is 17.0 Å². The SMILES string of the molecule is CCOC(=O)CN1CCN(Cc2ccccc2)CC(O)C1. The number of esters is 1. The van der Waals surface area contributed by atoms with Crippen molar-refractivity contribution in [1.29, 1.82) is 0 Å². The number of hydrogen-bond acceptors (Lipinski definition) is 5. The minimum Gasteiger partial charge on any atom is -0.465 e. The molecule has 116 valence electrons. The third-order valence-electron chi connectivity index (χ3n) is 3.58. The van der Waals surface area contributed by atoms with Crippen LogP contribution >= 0.6 is 0 Å². The van der Waals surface area contributed by atoms with Gasteiger partial charge in [0.2, 0.25) is 0 Å². The fraction of sp³-hybridized carbons (Fsp3) is 0.562. The van der Waals surface area contributed by atoms with Crippen molar-refractivity contribution < 1.29 is 14.6 Å². The van der Waals surface area contributed by atoms with Gasteiger partial charge < -0.3 is 9.84 Å². The van der Waals surface area contributed by atoms with Crippen LogP contribution in [-0.4, -0.2) is 66.3 Å². The molecule has 1 aliphatic heterocycles. The number of ether oxygens (including phenoxy) is 1. The lowest BCUT2D eigenvalue weighted by Crippen LogP contribution is -2.37. The minimum atomic E-state index is -0.439. The quantitative estimate of drug-likeness (QED) is 0.811. The molecule has 0 spiro atoms. The van der Waals surface area contributed by atoms with Gasteiger partial charge in [-0.1, -0.05) is 30.3 Å². The number of aliphatic hydroxyl groups is 1. The molecule has 1 saturated heterocycles. The van der Waals surface area contributed by atoms with Gasteiger partial charge >= 0.3 is 5.97 Å². The molecule has 0 amide bonds. The fourth-order valence-electron chi connectivity index (χ4n) is 2.64. The summed E-state index contributed by atoms with van der Waals surface area (Å²) in [4.78, 5) is 15.7. The number of β-amino-alcohol motifs (C(OH)–C–C–N with tert-alkyl or cyclic N) is 1. The topological polar surface area (TPSA) is 53.0 Å². The van der Waals surface area contributed by atoms with Crippen molar-refractivity contribution in [2.75, 3.05) is 39.3 Å². The Balaban J connectivity index is 1.87. The number of carbonyl (C=O) groups is 1. The summed E-state index contributed by atoms with van der Waals surface area (Å²) in [7, 11) is 0. The van der Waals surface area contributed by atoms with E-state index >= 15 is 0 Å². The molecule has 5 nitrogen and oxygen atoms in total. The molecule has 0 saturated carbocycles. The Labute approximate surface area is 126 Å². The molecule has 1 fully saturated rings. The Kier molecular flexibility index (Phi) is 6.17. The molecule has 0 bridgehead atoms. The van der Waals surface area contributed by atoms with Gasteiger partial charge in [-0.05, 0) is 12.5 Å². The number of hydrogen-bond donors (Lipinski definition) is 1. The average molecular weight is 292 g/mol. The Morgan fingerprint density at radius 2 is 1.90 bits per heavy atom. The third-order valence-corrected chi connectivity index (χ3v) is 3.58. The molecule has 1 aliphatic rings. The lowest BCUT2D eigenvalue weighted by atomic mass is 10.2. The van der Waals surface area contributed by atoms with E-state index < -0.39 is 6.10 Å². The fourth-order valence-corrected chi connectivity index (χ4v) is 2.64. The van der Waals surface area contributed by atoms with Gasteiger partial charge in [-0.25, -0.2) is 0 Å². The Morgan fingerprint density at radius 3 is 2.62 bits per heavy atom. The third kappa shape index (κ3) is 5.46. The van der Waals surface area contributed by atoms with Gasteiger partial charge in [0, 0.05) is 32.7 Å². The van der Waals surface area contributed by atoms with E-state index in [9.17, 15) is 9.90 Å². The van der Waals surface area contributed by atoms with E-state index in [1.54, 1.807) is 6.92 Å². The summed E-state index contributed by atoms with van der Waals surface area (Å²) in [5.41, 5.74) is 1.24. The maximum absolute atomic E-state index is 11.5. The van der Waals surface area contributed by atoms with Crippen molar-refractivity contribution in [3.63, 3.8) is 0 Å². The molecule has 1 heterocycles. The highest BCUT2D eigenvalue weighted by atomic mass is 16.5. The van der Waals surface area contributed by atoms with Gasteiger partial charge in [0.25, 0.3) is 0 Å².